The van der Waals surface area contributed by atoms with Gasteiger partial charge < -0.3 is 10.6 Å². The molecular formula is C16H21N3O4S. The number of terminal acetylenes is 1. The Balaban J connectivity index is 2.68. The average molecular weight is 351 g/mol. The van der Waals surface area contributed by atoms with E-state index < -0.39 is 15.9 Å². The van der Waals surface area contributed by atoms with Crippen molar-refractivity contribution in [3.05, 3.63) is 29.8 Å². The molecule has 0 atom stereocenters. The van der Waals surface area contributed by atoms with Gasteiger partial charge in [0.05, 0.1) is 11.4 Å². The third-order valence-corrected chi connectivity index (χ3v) is 4.26. The maximum atomic E-state index is 12.1. The summed E-state index contributed by atoms with van der Waals surface area (Å²) in [5.41, 5.74) is 0.183. The van der Waals surface area contributed by atoms with Crippen LogP contribution < -0.4 is 15.4 Å². The van der Waals surface area contributed by atoms with Gasteiger partial charge in [-0.3, -0.25) is 9.59 Å². The van der Waals surface area contributed by atoms with Gasteiger partial charge in [0.2, 0.25) is 15.9 Å². The van der Waals surface area contributed by atoms with Crippen LogP contribution >= 0.6 is 0 Å². The third-order valence-electron chi connectivity index (χ3n) is 2.86. The molecule has 0 fully saturated rings. The summed E-state index contributed by atoms with van der Waals surface area (Å²) in [6.45, 7) is 3.71. The summed E-state index contributed by atoms with van der Waals surface area (Å²) in [5, 5.41) is 5.29. The fraction of sp³-hybridized carbons (Fsp3) is 0.375. The lowest BCUT2D eigenvalue weighted by molar-refractivity contribution is -0.121. The van der Waals surface area contributed by atoms with Gasteiger partial charge in [-0.2, -0.15) is 4.72 Å². The van der Waals surface area contributed by atoms with Gasteiger partial charge in [-0.1, -0.05) is 12.0 Å². The number of benzene rings is 1. The maximum Gasteiger partial charge on any atom is 0.251 e. The van der Waals surface area contributed by atoms with E-state index in [0.717, 1.165) is 0 Å². The molecule has 2 amide bonds. The van der Waals surface area contributed by atoms with E-state index in [2.05, 4.69) is 21.3 Å². The van der Waals surface area contributed by atoms with E-state index in [1.165, 1.54) is 24.3 Å². The van der Waals surface area contributed by atoms with Crippen molar-refractivity contribution in [3.8, 4) is 12.3 Å². The topological polar surface area (TPSA) is 104 Å². The Labute approximate surface area is 142 Å². The molecule has 1 aromatic carbocycles. The third kappa shape index (κ3) is 6.40. The SMILES string of the molecule is C#CCNS(=O)(=O)c1cccc(C(=O)NCCC(=O)NC(C)C)c1. The molecule has 0 spiro atoms. The molecule has 0 aliphatic carbocycles. The number of amides is 2. The molecule has 0 aromatic heterocycles. The van der Waals surface area contributed by atoms with E-state index in [9.17, 15) is 18.0 Å². The smallest absolute Gasteiger partial charge is 0.251 e. The Hall–Kier alpha value is -2.37. The minimum Gasteiger partial charge on any atom is -0.354 e. The van der Waals surface area contributed by atoms with Crippen LogP contribution in [-0.2, 0) is 14.8 Å². The van der Waals surface area contributed by atoms with Crippen molar-refractivity contribution in [3.63, 3.8) is 0 Å². The Bertz CT molecular complexity index is 736. The van der Waals surface area contributed by atoms with Gasteiger partial charge in [0.25, 0.3) is 5.91 Å². The first-order valence-corrected chi connectivity index (χ1v) is 8.85. The molecule has 8 heteroatoms. The van der Waals surface area contributed by atoms with Gasteiger partial charge in [0.1, 0.15) is 0 Å². The van der Waals surface area contributed by atoms with Crippen molar-refractivity contribution in [2.75, 3.05) is 13.1 Å². The highest BCUT2D eigenvalue weighted by Crippen LogP contribution is 2.11. The molecule has 7 nitrogen and oxygen atoms in total. The monoisotopic (exact) mass is 351 g/mol. The van der Waals surface area contributed by atoms with Crippen LogP contribution in [0.1, 0.15) is 30.6 Å². The van der Waals surface area contributed by atoms with Crippen LogP contribution in [0.5, 0.6) is 0 Å². The van der Waals surface area contributed by atoms with Gasteiger partial charge in [0.15, 0.2) is 0 Å². The second kappa shape index (κ2) is 9.05. The Morgan fingerprint density at radius 3 is 2.62 bits per heavy atom. The normalized spacial score (nSPS) is 10.9. The van der Waals surface area contributed by atoms with Crippen LogP contribution in [0.15, 0.2) is 29.2 Å². The number of carbonyl (C=O) groups excluding carboxylic acids is 2. The molecule has 0 unspecified atom stereocenters. The van der Waals surface area contributed by atoms with Crippen molar-refractivity contribution >= 4 is 21.8 Å². The predicted octanol–water partition coefficient (Wildman–Crippen LogP) is 0.243. The molecule has 1 rings (SSSR count). The lowest BCUT2D eigenvalue weighted by Crippen LogP contribution is -2.34. The first-order valence-electron chi connectivity index (χ1n) is 7.37. The zero-order chi connectivity index (χ0) is 18.2. The molecule has 0 saturated carbocycles. The summed E-state index contributed by atoms with van der Waals surface area (Å²) >= 11 is 0. The van der Waals surface area contributed by atoms with Crippen molar-refractivity contribution in [1.29, 1.82) is 0 Å². The second-order valence-electron chi connectivity index (χ2n) is 5.28. The van der Waals surface area contributed by atoms with Crippen LogP contribution in [-0.4, -0.2) is 39.4 Å². The van der Waals surface area contributed by atoms with E-state index >= 15 is 0 Å². The highest BCUT2D eigenvalue weighted by molar-refractivity contribution is 7.89. The Morgan fingerprint density at radius 1 is 1.29 bits per heavy atom. The van der Waals surface area contributed by atoms with Crippen LogP contribution in [0.25, 0.3) is 0 Å². The molecule has 0 bridgehead atoms. The van der Waals surface area contributed by atoms with Gasteiger partial charge in [0, 0.05) is 24.6 Å². The molecular weight excluding hydrogens is 330 g/mol. The van der Waals surface area contributed by atoms with E-state index in [4.69, 9.17) is 6.42 Å². The van der Waals surface area contributed by atoms with Gasteiger partial charge in [-0.25, -0.2) is 8.42 Å². The van der Waals surface area contributed by atoms with Crippen LogP contribution in [0, 0.1) is 12.3 Å². The van der Waals surface area contributed by atoms with Crippen LogP contribution in [0.2, 0.25) is 0 Å². The van der Waals surface area contributed by atoms with Crippen LogP contribution in [0.3, 0.4) is 0 Å². The van der Waals surface area contributed by atoms with Crippen molar-refractivity contribution < 1.29 is 18.0 Å². The first kappa shape index (κ1) is 19.7. The summed E-state index contributed by atoms with van der Waals surface area (Å²) in [6, 6.07) is 5.61. The maximum absolute atomic E-state index is 12.1. The van der Waals surface area contributed by atoms with E-state index in [1.54, 1.807) is 0 Å². The van der Waals surface area contributed by atoms with E-state index in [-0.39, 0.29) is 41.9 Å². The second-order valence-corrected chi connectivity index (χ2v) is 7.05. The minimum atomic E-state index is -3.76. The number of carbonyl (C=O) groups is 2. The number of rotatable bonds is 8. The largest absolute Gasteiger partial charge is 0.354 e. The van der Waals surface area contributed by atoms with Crippen molar-refractivity contribution in [2.24, 2.45) is 0 Å². The molecule has 0 heterocycles. The molecule has 0 radical (unpaired) electrons. The Kier molecular flexibility index (Phi) is 7.42. The number of sulfonamides is 1. The highest BCUT2D eigenvalue weighted by Gasteiger charge is 2.15. The number of hydrogen-bond donors (Lipinski definition) is 3. The van der Waals surface area contributed by atoms with Crippen molar-refractivity contribution in [2.45, 2.75) is 31.2 Å². The summed E-state index contributed by atoms with van der Waals surface area (Å²) in [5.74, 6) is 1.55. The lowest BCUT2D eigenvalue weighted by Gasteiger charge is -2.09. The zero-order valence-corrected chi connectivity index (χ0v) is 14.4. The zero-order valence-electron chi connectivity index (χ0n) is 13.6. The van der Waals surface area contributed by atoms with Gasteiger partial charge >= 0.3 is 0 Å². The first-order chi connectivity index (χ1) is 11.3. The fourth-order valence-electron chi connectivity index (χ4n) is 1.81. The van der Waals surface area contributed by atoms with Gasteiger partial charge in [-0.05, 0) is 32.0 Å². The highest BCUT2D eigenvalue weighted by atomic mass is 32.2. The molecule has 24 heavy (non-hydrogen) atoms. The number of nitrogens with one attached hydrogen (secondary N) is 3. The van der Waals surface area contributed by atoms with Crippen LogP contribution in [0.4, 0.5) is 0 Å². The summed E-state index contributed by atoms with van der Waals surface area (Å²) in [6.07, 6.45) is 5.17. The minimum absolute atomic E-state index is 0.0330. The molecule has 0 saturated heterocycles. The lowest BCUT2D eigenvalue weighted by atomic mass is 10.2. The molecule has 0 aliphatic rings. The van der Waals surface area contributed by atoms with E-state index in [1.807, 2.05) is 13.8 Å². The fourth-order valence-corrected chi connectivity index (χ4v) is 2.79. The molecule has 1 aromatic rings. The standard InChI is InChI=1S/C16H21N3O4S/c1-4-9-18-24(22,23)14-7-5-6-13(11-14)16(21)17-10-8-15(20)19-12(2)3/h1,5-7,11-12,18H,8-10H2,2-3H3,(H,17,21)(H,19,20). The van der Waals surface area contributed by atoms with E-state index in [0.29, 0.717) is 0 Å². The number of hydrogen-bond acceptors (Lipinski definition) is 4. The van der Waals surface area contributed by atoms with Crippen molar-refractivity contribution in [1.82, 2.24) is 15.4 Å². The Morgan fingerprint density at radius 2 is 2.00 bits per heavy atom. The van der Waals surface area contributed by atoms with Gasteiger partial charge in [-0.15, -0.1) is 6.42 Å². The predicted molar refractivity (Wildman–Crippen MR) is 90.7 cm³/mol. The summed E-state index contributed by atoms with van der Waals surface area (Å²) in [4.78, 5) is 23.5. The quantitative estimate of drug-likeness (QED) is 0.584. The molecule has 3 N–H and O–H groups in total. The average Bonchev–Trinajstić information content (AvgIpc) is 2.52. The summed E-state index contributed by atoms with van der Waals surface area (Å²) < 4.78 is 26.2. The molecule has 0 aliphatic heterocycles. The summed E-state index contributed by atoms with van der Waals surface area (Å²) in [7, 11) is -3.76. The molecule has 130 valence electrons.